The molecular formula is C19H22N2O. The second-order valence-corrected chi connectivity index (χ2v) is 6.61. The topological polar surface area (TPSA) is 36.4 Å². The predicted molar refractivity (Wildman–Crippen MR) is 88.5 cm³/mol. The highest BCUT2D eigenvalue weighted by Gasteiger charge is 2.42. The van der Waals surface area contributed by atoms with Crippen LogP contribution >= 0.6 is 0 Å². The summed E-state index contributed by atoms with van der Waals surface area (Å²) in [7, 11) is 0. The van der Waals surface area contributed by atoms with Gasteiger partial charge in [-0.1, -0.05) is 24.3 Å². The predicted octanol–water partition coefficient (Wildman–Crippen LogP) is 3.16. The lowest BCUT2D eigenvalue weighted by Crippen LogP contribution is -2.54. The van der Waals surface area contributed by atoms with Crippen LogP contribution in [0.5, 0.6) is 0 Å². The van der Waals surface area contributed by atoms with E-state index in [0.717, 1.165) is 36.0 Å². The van der Waals surface area contributed by atoms with E-state index in [1.54, 1.807) is 0 Å². The minimum absolute atomic E-state index is 0.223. The van der Waals surface area contributed by atoms with Gasteiger partial charge in [-0.15, -0.1) is 6.58 Å². The van der Waals surface area contributed by atoms with Crippen LogP contribution in [0.1, 0.15) is 24.5 Å². The van der Waals surface area contributed by atoms with E-state index >= 15 is 0 Å². The van der Waals surface area contributed by atoms with E-state index in [9.17, 15) is 5.11 Å². The maximum Gasteiger partial charge on any atom is 0.0952 e. The lowest BCUT2D eigenvalue weighted by atomic mass is 9.73. The Labute approximate surface area is 131 Å². The zero-order valence-electron chi connectivity index (χ0n) is 12.7. The van der Waals surface area contributed by atoms with Crippen molar-refractivity contribution in [2.24, 2.45) is 11.8 Å². The molecule has 3 saturated heterocycles. The van der Waals surface area contributed by atoms with E-state index in [1.165, 1.54) is 6.42 Å². The quantitative estimate of drug-likeness (QED) is 0.883. The van der Waals surface area contributed by atoms with Crippen molar-refractivity contribution in [3.63, 3.8) is 0 Å². The molecule has 0 saturated carbocycles. The van der Waals surface area contributed by atoms with Crippen LogP contribution in [0, 0.1) is 11.8 Å². The summed E-state index contributed by atoms with van der Waals surface area (Å²) in [5, 5.41) is 12.1. The second kappa shape index (κ2) is 5.49. The van der Waals surface area contributed by atoms with E-state index in [0.29, 0.717) is 11.8 Å². The number of hydrogen-bond donors (Lipinski definition) is 1. The number of aromatic nitrogens is 1. The van der Waals surface area contributed by atoms with Crippen LogP contribution in [-0.2, 0) is 0 Å². The molecule has 5 rings (SSSR count). The molecule has 2 unspecified atom stereocenters. The Hall–Kier alpha value is -1.71. The molecule has 3 fully saturated rings. The molecule has 3 heteroatoms. The zero-order chi connectivity index (χ0) is 15.1. The summed E-state index contributed by atoms with van der Waals surface area (Å²) in [6.07, 6.45) is 5.76. The van der Waals surface area contributed by atoms with Gasteiger partial charge in [-0.2, -0.15) is 0 Å². The first kappa shape index (κ1) is 13.9. The Morgan fingerprint density at radius 2 is 2.18 bits per heavy atom. The average Bonchev–Trinajstić information content (AvgIpc) is 2.60. The van der Waals surface area contributed by atoms with Crippen LogP contribution in [0.25, 0.3) is 10.9 Å². The smallest absolute Gasteiger partial charge is 0.0952 e. The van der Waals surface area contributed by atoms with Gasteiger partial charge in [-0.05, 0) is 48.9 Å². The summed E-state index contributed by atoms with van der Waals surface area (Å²) in [5.41, 5.74) is 1.97. The first-order chi connectivity index (χ1) is 10.8. The largest absolute Gasteiger partial charge is 0.387 e. The standard InChI is InChI=1S/C19H22N2O/c1-2-13-12-21-10-8-14(13)11-18(21)19(22)16-7-9-20-17-6-4-3-5-15(16)17/h2-7,9,13-14,18-19,22H,1,8,10-12H2/t13-,14-,18+,19?/m0/s1. The summed E-state index contributed by atoms with van der Waals surface area (Å²) in [6.45, 7) is 6.11. The Morgan fingerprint density at radius 3 is 2.95 bits per heavy atom. The molecule has 1 aromatic heterocycles. The van der Waals surface area contributed by atoms with Crippen molar-refractivity contribution in [1.29, 1.82) is 0 Å². The van der Waals surface area contributed by atoms with Gasteiger partial charge in [0.1, 0.15) is 0 Å². The molecule has 2 aromatic rings. The van der Waals surface area contributed by atoms with Gasteiger partial charge < -0.3 is 5.11 Å². The van der Waals surface area contributed by atoms with Gasteiger partial charge in [0.2, 0.25) is 0 Å². The summed E-state index contributed by atoms with van der Waals surface area (Å²) in [6, 6.07) is 10.3. The van der Waals surface area contributed by atoms with E-state index in [-0.39, 0.29) is 6.04 Å². The summed E-state index contributed by atoms with van der Waals surface area (Å²) in [4.78, 5) is 6.86. The number of aliphatic hydroxyl groups is 1. The fourth-order valence-corrected chi connectivity index (χ4v) is 4.29. The van der Waals surface area contributed by atoms with E-state index < -0.39 is 6.10 Å². The van der Waals surface area contributed by atoms with Gasteiger partial charge in [-0.25, -0.2) is 0 Å². The SMILES string of the molecule is C=C[C@H]1CN2CC[C@H]1C[C@@H]2C(O)c1ccnc2ccccc12. The highest BCUT2D eigenvalue weighted by Crippen LogP contribution is 2.41. The summed E-state index contributed by atoms with van der Waals surface area (Å²) in [5.74, 6) is 1.27. The lowest BCUT2D eigenvalue weighted by Gasteiger charge is -2.50. The normalized spacial score (nSPS) is 32.0. The van der Waals surface area contributed by atoms with Crippen molar-refractivity contribution >= 4 is 10.9 Å². The third kappa shape index (κ3) is 2.16. The van der Waals surface area contributed by atoms with E-state index in [1.807, 2.05) is 30.5 Å². The number of aliphatic hydroxyl groups excluding tert-OH is 1. The Kier molecular flexibility index (Phi) is 3.47. The monoisotopic (exact) mass is 294 g/mol. The Bertz CT molecular complexity index is 693. The molecule has 3 nitrogen and oxygen atoms in total. The van der Waals surface area contributed by atoms with E-state index in [2.05, 4.69) is 28.6 Å². The van der Waals surface area contributed by atoms with Gasteiger partial charge in [0.05, 0.1) is 11.6 Å². The van der Waals surface area contributed by atoms with Crippen LogP contribution in [0.2, 0.25) is 0 Å². The van der Waals surface area contributed by atoms with Gasteiger partial charge in [0, 0.05) is 24.2 Å². The minimum atomic E-state index is -0.443. The van der Waals surface area contributed by atoms with E-state index in [4.69, 9.17) is 0 Å². The first-order valence-corrected chi connectivity index (χ1v) is 8.16. The molecular weight excluding hydrogens is 272 g/mol. The summed E-state index contributed by atoms with van der Waals surface area (Å²) < 4.78 is 0. The molecule has 0 spiro atoms. The third-order valence-electron chi connectivity index (χ3n) is 5.52. The van der Waals surface area contributed by atoms with Gasteiger partial charge in [0.15, 0.2) is 0 Å². The molecule has 0 amide bonds. The zero-order valence-corrected chi connectivity index (χ0v) is 12.7. The fourth-order valence-electron chi connectivity index (χ4n) is 4.29. The maximum absolute atomic E-state index is 11.0. The van der Waals surface area contributed by atoms with Crippen molar-refractivity contribution in [2.45, 2.75) is 25.0 Å². The van der Waals surface area contributed by atoms with Crippen molar-refractivity contribution in [3.8, 4) is 0 Å². The number of para-hydroxylation sites is 1. The molecule has 5 atom stereocenters. The van der Waals surface area contributed by atoms with Crippen LogP contribution < -0.4 is 0 Å². The van der Waals surface area contributed by atoms with Crippen molar-refractivity contribution in [2.75, 3.05) is 13.1 Å². The van der Waals surface area contributed by atoms with Crippen molar-refractivity contribution in [3.05, 3.63) is 54.7 Å². The highest BCUT2D eigenvalue weighted by molar-refractivity contribution is 5.82. The third-order valence-corrected chi connectivity index (χ3v) is 5.52. The lowest BCUT2D eigenvalue weighted by molar-refractivity contribution is -0.0444. The van der Waals surface area contributed by atoms with Crippen molar-refractivity contribution < 1.29 is 5.11 Å². The number of nitrogens with zero attached hydrogens (tertiary/aromatic N) is 2. The van der Waals surface area contributed by atoms with Gasteiger partial charge in [0.25, 0.3) is 0 Å². The van der Waals surface area contributed by atoms with Crippen LogP contribution in [-0.4, -0.2) is 34.1 Å². The number of benzene rings is 1. The molecule has 22 heavy (non-hydrogen) atoms. The van der Waals surface area contributed by atoms with Crippen LogP contribution in [0.15, 0.2) is 49.2 Å². The molecule has 114 valence electrons. The highest BCUT2D eigenvalue weighted by atomic mass is 16.3. The molecule has 1 N–H and O–H groups in total. The first-order valence-electron chi connectivity index (χ1n) is 8.16. The Balaban J connectivity index is 1.67. The minimum Gasteiger partial charge on any atom is -0.387 e. The average molecular weight is 294 g/mol. The Morgan fingerprint density at radius 1 is 1.32 bits per heavy atom. The number of pyridine rings is 1. The number of hydrogen-bond acceptors (Lipinski definition) is 3. The summed E-state index contributed by atoms with van der Waals surface area (Å²) >= 11 is 0. The molecule has 2 bridgehead atoms. The maximum atomic E-state index is 11.0. The molecule has 3 aliphatic rings. The number of piperidine rings is 3. The van der Waals surface area contributed by atoms with Crippen LogP contribution in [0.3, 0.4) is 0 Å². The number of rotatable bonds is 3. The van der Waals surface area contributed by atoms with Gasteiger partial charge in [-0.3, -0.25) is 9.88 Å². The molecule has 0 radical (unpaired) electrons. The molecule has 3 aliphatic heterocycles. The fraction of sp³-hybridized carbons (Fsp3) is 0.421. The molecule has 4 heterocycles. The van der Waals surface area contributed by atoms with Crippen LogP contribution in [0.4, 0.5) is 0 Å². The molecule has 1 aromatic carbocycles. The molecule has 0 aliphatic carbocycles. The second-order valence-electron chi connectivity index (χ2n) is 6.61. The van der Waals surface area contributed by atoms with Crippen molar-refractivity contribution in [1.82, 2.24) is 9.88 Å². The van der Waals surface area contributed by atoms with Gasteiger partial charge >= 0.3 is 0 Å². The number of fused-ring (bicyclic) bond motifs is 4.